The van der Waals surface area contributed by atoms with Crippen LogP contribution < -0.4 is 0 Å². The average molecular weight is 373 g/mol. The maximum atomic E-state index is 12.2. The van der Waals surface area contributed by atoms with Crippen LogP contribution in [0.1, 0.15) is 36.5 Å². The zero-order valence-corrected chi connectivity index (χ0v) is 15.8. The summed E-state index contributed by atoms with van der Waals surface area (Å²) in [7, 11) is 0.395. The number of rotatable bonds is 8. The van der Waals surface area contributed by atoms with Crippen molar-refractivity contribution in [3.63, 3.8) is 0 Å². The largest absolute Gasteiger partial charge is 0.293 e. The number of carbonyl (C=O) groups excluding carboxylic acids is 1. The van der Waals surface area contributed by atoms with Gasteiger partial charge in [-0.25, -0.2) is 0 Å². The number of Topliss-reactive ketones (excluding diaryl/α,β-unsaturated/α-hetero) is 1. The Balaban J connectivity index is 1.85. The molecule has 1 aromatic carbocycles. The van der Waals surface area contributed by atoms with Crippen molar-refractivity contribution in [2.75, 3.05) is 11.5 Å². The molecule has 7 heteroatoms. The number of ketones is 1. The second kappa shape index (κ2) is 9.05. The number of thioether (sulfide) groups is 1. The van der Waals surface area contributed by atoms with E-state index in [1.807, 2.05) is 46.7 Å². The van der Waals surface area contributed by atoms with Crippen molar-refractivity contribution < 1.29 is 4.79 Å². The molecular weight excluding hydrogens is 352 g/mol. The molecule has 0 radical (unpaired) electrons. The van der Waals surface area contributed by atoms with Crippen LogP contribution in [-0.4, -0.2) is 27.2 Å². The van der Waals surface area contributed by atoms with Gasteiger partial charge in [0.25, 0.3) is 0 Å². The van der Waals surface area contributed by atoms with Crippen LogP contribution >= 0.6 is 42.3 Å². The molecule has 0 bridgehead atoms. The van der Waals surface area contributed by atoms with Crippen LogP contribution in [0.25, 0.3) is 0 Å². The van der Waals surface area contributed by atoms with E-state index in [-0.39, 0.29) is 5.78 Å². The maximum Gasteiger partial charge on any atom is 0.173 e. The lowest BCUT2D eigenvalue weighted by atomic mass is 10.2. The van der Waals surface area contributed by atoms with Crippen molar-refractivity contribution in [2.45, 2.75) is 26.2 Å². The number of hydrogen-bond donors (Lipinski definition) is 1. The lowest BCUT2D eigenvalue weighted by molar-refractivity contribution is 0.102. The molecule has 1 atom stereocenters. The summed E-state index contributed by atoms with van der Waals surface area (Å²) >= 11 is 6.28. The minimum Gasteiger partial charge on any atom is -0.293 e. The first-order chi connectivity index (χ1) is 10.7. The van der Waals surface area contributed by atoms with Crippen LogP contribution in [0, 0.1) is 0 Å². The van der Waals surface area contributed by atoms with Gasteiger partial charge >= 0.3 is 0 Å². The molecule has 0 saturated heterocycles. The summed E-state index contributed by atoms with van der Waals surface area (Å²) in [4.78, 5) is 12.2. The molecule has 1 aliphatic heterocycles. The first kappa shape index (κ1) is 18.0. The van der Waals surface area contributed by atoms with Crippen molar-refractivity contribution in [3.05, 3.63) is 35.9 Å². The van der Waals surface area contributed by atoms with Crippen molar-refractivity contribution in [2.24, 2.45) is 10.2 Å². The maximum absolute atomic E-state index is 12.2. The van der Waals surface area contributed by atoms with Crippen LogP contribution in [-0.2, 0) is 0 Å². The predicted molar refractivity (Wildman–Crippen MR) is 108 cm³/mol. The van der Waals surface area contributed by atoms with Crippen molar-refractivity contribution in [1.29, 1.82) is 0 Å². The third-order valence-electron chi connectivity index (χ3n) is 3.01. The fourth-order valence-corrected chi connectivity index (χ4v) is 8.54. The topological polar surface area (TPSA) is 41.8 Å². The van der Waals surface area contributed by atoms with Crippen LogP contribution in [0.5, 0.6) is 0 Å². The molecule has 2 rings (SSSR count). The zero-order chi connectivity index (χ0) is 15.8. The Morgan fingerprint density at radius 1 is 1.27 bits per heavy atom. The van der Waals surface area contributed by atoms with Gasteiger partial charge in [-0.05, 0) is 6.42 Å². The minimum atomic E-state index is -1.42. The Morgan fingerprint density at radius 3 is 2.77 bits per heavy atom. The normalized spacial score (nSPS) is 23.1. The summed E-state index contributed by atoms with van der Waals surface area (Å²) in [6.07, 6.45) is 3.63. The molecule has 22 heavy (non-hydrogen) atoms. The zero-order valence-electron chi connectivity index (χ0n) is 12.5. The number of thiol groups is 1. The van der Waals surface area contributed by atoms with E-state index in [2.05, 4.69) is 17.1 Å². The number of carbonyl (C=O) groups is 1. The lowest BCUT2D eigenvalue weighted by Crippen LogP contribution is -2.06. The fourth-order valence-electron chi connectivity index (χ4n) is 1.81. The molecule has 1 heterocycles. The SMILES string of the molecule is CCCCCSS1(S)C=NN=C1SCC(=O)c1ccccc1. The highest BCUT2D eigenvalue weighted by molar-refractivity contribution is 9.32. The quantitative estimate of drug-likeness (QED) is 0.287. The van der Waals surface area contributed by atoms with Gasteiger partial charge in [-0.1, -0.05) is 80.7 Å². The Hall–Kier alpha value is -0.370. The van der Waals surface area contributed by atoms with Crippen LogP contribution in [0.15, 0.2) is 40.5 Å². The van der Waals surface area contributed by atoms with Crippen molar-refractivity contribution in [1.82, 2.24) is 0 Å². The van der Waals surface area contributed by atoms with Crippen molar-refractivity contribution >= 4 is 58.0 Å². The third kappa shape index (κ3) is 5.08. The number of benzene rings is 1. The number of unbranched alkanes of at least 4 members (excludes halogenated alkanes) is 2. The molecule has 120 valence electrons. The van der Waals surface area contributed by atoms with Crippen LogP contribution in [0.4, 0.5) is 0 Å². The second-order valence-electron chi connectivity index (χ2n) is 4.76. The Labute approximate surface area is 146 Å². The minimum absolute atomic E-state index is 0.117. The van der Waals surface area contributed by atoms with E-state index < -0.39 is 8.09 Å². The van der Waals surface area contributed by atoms with Gasteiger partial charge in [-0.3, -0.25) is 4.79 Å². The van der Waals surface area contributed by atoms with Gasteiger partial charge in [0.1, 0.15) is 0 Å². The summed E-state index contributed by atoms with van der Waals surface area (Å²) in [5.74, 6) is 1.56. The molecule has 0 fully saturated rings. The van der Waals surface area contributed by atoms with Crippen LogP contribution in [0.3, 0.4) is 0 Å². The smallest absolute Gasteiger partial charge is 0.173 e. The van der Waals surface area contributed by atoms with Crippen LogP contribution in [0.2, 0.25) is 0 Å². The molecule has 1 aliphatic rings. The first-order valence-electron chi connectivity index (χ1n) is 7.18. The standard InChI is InChI=1S/C15H20N2OS4/c1-2-3-7-10-21-22(19)12-16-17-15(22)20-11-14(18)13-8-5-4-6-9-13/h4-6,8-9,12,19H,2-3,7,10-11H2,1H3. The summed E-state index contributed by atoms with van der Waals surface area (Å²) in [5, 5.41) is 8.23. The molecule has 0 aromatic heterocycles. The Kier molecular flexibility index (Phi) is 7.40. The molecule has 3 nitrogen and oxygen atoms in total. The lowest BCUT2D eigenvalue weighted by Gasteiger charge is -2.25. The van der Waals surface area contributed by atoms with Gasteiger partial charge in [0.05, 0.1) is 11.3 Å². The molecule has 0 saturated carbocycles. The Morgan fingerprint density at radius 2 is 2.05 bits per heavy atom. The number of nitrogens with zero attached hydrogens (tertiary/aromatic N) is 2. The average Bonchev–Trinajstić information content (AvgIpc) is 2.91. The highest BCUT2D eigenvalue weighted by Gasteiger charge is 2.30. The van der Waals surface area contributed by atoms with E-state index in [1.165, 1.54) is 31.0 Å². The van der Waals surface area contributed by atoms with E-state index in [9.17, 15) is 4.79 Å². The van der Waals surface area contributed by atoms with Gasteiger partial charge in [0, 0.05) is 11.3 Å². The van der Waals surface area contributed by atoms with Gasteiger partial charge in [0.2, 0.25) is 0 Å². The number of hydrogen-bond acceptors (Lipinski definition) is 6. The molecule has 0 N–H and O–H groups in total. The van der Waals surface area contributed by atoms with Crippen molar-refractivity contribution in [3.8, 4) is 0 Å². The van der Waals surface area contributed by atoms with E-state index >= 15 is 0 Å². The first-order valence-corrected chi connectivity index (χ1v) is 12.4. The molecule has 1 aromatic rings. The molecule has 1 unspecified atom stereocenters. The van der Waals surface area contributed by atoms with E-state index in [0.717, 1.165) is 15.7 Å². The summed E-state index contributed by atoms with van der Waals surface area (Å²) < 4.78 is 0.890. The molecule has 0 spiro atoms. The predicted octanol–water partition coefficient (Wildman–Crippen LogP) is 5.40. The van der Waals surface area contributed by atoms with Gasteiger partial charge in [-0.15, -0.1) is 16.8 Å². The molecule has 0 amide bonds. The van der Waals surface area contributed by atoms with E-state index in [4.69, 9.17) is 11.7 Å². The van der Waals surface area contributed by atoms with Gasteiger partial charge < -0.3 is 0 Å². The van der Waals surface area contributed by atoms with E-state index in [0.29, 0.717) is 5.75 Å². The monoisotopic (exact) mass is 372 g/mol. The summed E-state index contributed by atoms with van der Waals surface area (Å²) in [6, 6.07) is 9.36. The van der Waals surface area contributed by atoms with Gasteiger partial charge in [-0.2, -0.15) is 5.10 Å². The van der Waals surface area contributed by atoms with Gasteiger partial charge in [0.15, 0.2) is 10.2 Å². The second-order valence-corrected chi connectivity index (χ2v) is 13.1. The highest BCUT2D eigenvalue weighted by Crippen LogP contribution is 2.67. The molecular formula is C15H20N2OS4. The third-order valence-corrected chi connectivity index (χ3v) is 11.4. The summed E-state index contributed by atoms with van der Waals surface area (Å²) in [6.45, 7) is 2.20. The highest BCUT2D eigenvalue weighted by atomic mass is 33.5. The van der Waals surface area contributed by atoms with E-state index in [1.54, 1.807) is 0 Å². The fraction of sp³-hybridized carbons (Fsp3) is 0.400. The molecule has 0 aliphatic carbocycles. The summed E-state index contributed by atoms with van der Waals surface area (Å²) in [5.41, 5.74) is 2.59. The Bertz CT molecular complexity index is 562.